The number of hydrogen-bond acceptors (Lipinski definition) is 3. The van der Waals surface area contributed by atoms with Gasteiger partial charge in [-0.1, -0.05) is 30.3 Å². The fourth-order valence-electron chi connectivity index (χ4n) is 2.96. The highest BCUT2D eigenvalue weighted by molar-refractivity contribution is 5.89. The second-order valence-corrected chi connectivity index (χ2v) is 6.30. The number of rotatable bonds is 6. The Kier molecular flexibility index (Phi) is 4.38. The Hall–Kier alpha value is -2.63. The van der Waals surface area contributed by atoms with Crippen LogP contribution in [0.15, 0.2) is 30.3 Å². The van der Waals surface area contributed by atoms with Gasteiger partial charge >= 0.3 is 5.97 Å². The third kappa shape index (κ3) is 3.32. The zero-order valence-electron chi connectivity index (χ0n) is 13.8. The van der Waals surface area contributed by atoms with Crippen LogP contribution in [0.4, 0.5) is 0 Å². The molecule has 6 heteroatoms. The van der Waals surface area contributed by atoms with E-state index in [1.165, 1.54) is 5.56 Å². The highest BCUT2D eigenvalue weighted by atomic mass is 16.4. The van der Waals surface area contributed by atoms with Gasteiger partial charge in [0.15, 0.2) is 0 Å². The first-order valence-electron chi connectivity index (χ1n) is 8.04. The highest BCUT2D eigenvalue weighted by Gasteiger charge is 2.48. The predicted octanol–water partition coefficient (Wildman–Crippen LogP) is 1.89. The molecule has 2 unspecified atom stereocenters. The van der Waals surface area contributed by atoms with E-state index < -0.39 is 11.9 Å². The molecule has 1 aliphatic rings. The first-order chi connectivity index (χ1) is 11.5. The van der Waals surface area contributed by atoms with Crippen molar-refractivity contribution in [2.75, 3.05) is 0 Å². The summed E-state index contributed by atoms with van der Waals surface area (Å²) in [4.78, 5) is 22.9. The minimum absolute atomic E-state index is 0.183. The molecule has 1 heterocycles. The SMILES string of the molecule is Cc1nn(Cc2ccccc2)c(C)c1CNC(=O)C1CC1C(=O)O. The van der Waals surface area contributed by atoms with Crippen molar-refractivity contribution in [3.05, 3.63) is 52.8 Å². The Balaban J connectivity index is 1.64. The molecule has 0 radical (unpaired) electrons. The topological polar surface area (TPSA) is 84.2 Å². The Morgan fingerprint density at radius 1 is 1.25 bits per heavy atom. The predicted molar refractivity (Wildman–Crippen MR) is 88.3 cm³/mol. The summed E-state index contributed by atoms with van der Waals surface area (Å²) in [5.41, 5.74) is 4.06. The zero-order valence-corrected chi connectivity index (χ0v) is 13.8. The molecule has 0 bridgehead atoms. The summed E-state index contributed by atoms with van der Waals surface area (Å²) in [5.74, 6) is -1.98. The standard InChI is InChI=1S/C18H21N3O3/c1-11-16(9-19-17(22)14-8-15(14)18(23)24)12(2)21(20-11)10-13-6-4-3-5-7-13/h3-7,14-15H,8-10H2,1-2H3,(H,19,22)(H,23,24). The summed E-state index contributed by atoms with van der Waals surface area (Å²) in [6.07, 6.45) is 0.437. The molecule has 1 amide bonds. The van der Waals surface area contributed by atoms with E-state index in [1.54, 1.807) is 0 Å². The molecule has 2 aromatic rings. The maximum Gasteiger partial charge on any atom is 0.307 e. The number of nitrogens with one attached hydrogen (secondary N) is 1. The summed E-state index contributed by atoms with van der Waals surface area (Å²) >= 11 is 0. The summed E-state index contributed by atoms with van der Waals surface area (Å²) < 4.78 is 1.93. The Labute approximate surface area is 140 Å². The largest absolute Gasteiger partial charge is 0.481 e. The number of hydrogen-bond donors (Lipinski definition) is 2. The average Bonchev–Trinajstić information content (AvgIpc) is 3.31. The molecule has 3 rings (SSSR count). The Bertz CT molecular complexity index is 767. The quantitative estimate of drug-likeness (QED) is 0.848. The van der Waals surface area contributed by atoms with Crippen LogP contribution in [-0.2, 0) is 22.7 Å². The molecule has 0 aliphatic heterocycles. The van der Waals surface area contributed by atoms with Gasteiger partial charge in [0, 0.05) is 17.8 Å². The van der Waals surface area contributed by atoms with Gasteiger partial charge in [-0.25, -0.2) is 0 Å². The van der Waals surface area contributed by atoms with E-state index >= 15 is 0 Å². The molecule has 126 valence electrons. The van der Waals surface area contributed by atoms with Crippen LogP contribution in [-0.4, -0.2) is 26.8 Å². The second-order valence-electron chi connectivity index (χ2n) is 6.30. The minimum Gasteiger partial charge on any atom is -0.481 e. The molecule has 1 aromatic carbocycles. The van der Waals surface area contributed by atoms with Crippen LogP contribution < -0.4 is 5.32 Å². The van der Waals surface area contributed by atoms with Gasteiger partial charge in [0.2, 0.25) is 5.91 Å². The van der Waals surface area contributed by atoms with Crippen LogP contribution in [0.25, 0.3) is 0 Å². The van der Waals surface area contributed by atoms with Crippen LogP contribution in [0.2, 0.25) is 0 Å². The van der Waals surface area contributed by atoms with Gasteiger partial charge in [-0.05, 0) is 25.8 Å². The van der Waals surface area contributed by atoms with Crippen LogP contribution in [0.5, 0.6) is 0 Å². The lowest BCUT2D eigenvalue weighted by Crippen LogP contribution is -2.26. The number of carbonyl (C=O) groups excluding carboxylic acids is 1. The van der Waals surface area contributed by atoms with Gasteiger partial charge in [-0.3, -0.25) is 14.3 Å². The van der Waals surface area contributed by atoms with Crippen molar-refractivity contribution in [2.45, 2.75) is 33.4 Å². The molecule has 24 heavy (non-hydrogen) atoms. The summed E-state index contributed by atoms with van der Waals surface area (Å²) in [6.45, 7) is 4.98. The van der Waals surface area contributed by atoms with Crippen molar-refractivity contribution < 1.29 is 14.7 Å². The van der Waals surface area contributed by atoms with Crippen LogP contribution in [0.1, 0.15) is 28.9 Å². The third-order valence-electron chi connectivity index (χ3n) is 4.59. The normalized spacial score (nSPS) is 19.1. The van der Waals surface area contributed by atoms with Gasteiger partial charge in [-0.2, -0.15) is 5.10 Å². The zero-order chi connectivity index (χ0) is 17.3. The first kappa shape index (κ1) is 16.2. The molecule has 2 atom stereocenters. The van der Waals surface area contributed by atoms with E-state index in [-0.39, 0.29) is 11.8 Å². The van der Waals surface area contributed by atoms with E-state index in [0.29, 0.717) is 19.5 Å². The maximum atomic E-state index is 12.0. The number of aryl methyl sites for hydroxylation is 1. The van der Waals surface area contributed by atoms with E-state index in [9.17, 15) is 9.59 Å². The Morgan fingerprint density at radius 3 is 2.58 bits per heavy atom. The number of carboxylic acids is 1. The highest BCUT2D eigenvalue weighted by Crippen LogP contribution is 2.38. The molecule has 0 saturated heterocycles. The number of benzene rings is 1. The minimum atomic E-state index is -0.891. The average molecular weight is 327 g/mol. The number of amides is 1. The fraction of sp³-hybridized carbons (Fsp3) is 0.389. The van der Waals surface area contributed by atoms with Gasteiger partial charge in [0.05, 0.1) is 24.1 Å². The molecular weight excluding hydrogens is 306 g/mol. The lowest BCUT2D eigenvalue weighted by molar-refractivity contribution is -0.140. The molecule has 1 fully saturated rings. The molecule has 1 aromatic heterocycles. The van der Waals surface area contributed by atoms with Crippen LogP contribution >= 0.6 is 0 Å². The van der Waals surface area contributed by atoms with Crippen LogP contribution in [0, 0.1) is 25.7 Å². The van der Waals surface area contributed by atoms with Crippen molar-refractivity contribution in [3.63, 3.8) is 0 Å². The smallest absolute Gasteiger partial charge is 0.307 e. The van der Waals surface area contributed by atoms with Gasteiger partial charge < -0.3 is 10.4 Å². The maximum absolute atomic E-state index is 12.0. The van der Waals surface area contributed by atoms with Gasteiger partial charge in [-0.15, -0.1) is 0 Å². The molecule has 0 spiro atoms. The monoisotopic (exact) mass is 327 g/mol. The molecule has 1 saturated carbocycles. The van der Waals surface area contributed by atoms with Crippen molar-refractivity contribution in [2.24, 2.45) is 11.8 Å². The van der Waals surface area contributed by atoms with E-state index in [1.807, 2.05) is 36.7 Å². The first-order valence-corrected chi connectivity index (χ1v) is 8.04. The fourth-order valence-corrected chi connectivity index (χ4v) is 2.96. The number of carbonyl (C=O) groups is 2. The van der Waals surface area contributed by atoms with Crippen LogP contribution in [0.3, 0.4) is 0 Å². The lowest BCUT2D eigenvalue weighted by Gasteiger charge is -2.07. The lowest BCUT2D eigenvalue weighted by atomic mass is 10.2. The van der Waals surface area contributed by atoms with E-state index in [2.05, 4.69) is 22.5 Å². The summed E-state index contributed by atoms with van der Waals surface area (Å²) in [7, 11) is 0. The van der Waals surface area contributed by atoms with Gasteiger partial charge in [0.25, 0.3) is 0 Å². The van der Waals surface area contributed by atoms with Gasteiger partial charge in [0.1, 0.15) is 0 Å². The molecule has 2 N–H and O–H groups in total. The summed E-state index contributed by atoms with van der Waals surface area (Å²) in [5, 5.41) is 16.3. The van der Waals surface area contributed by atoms with Crippen molar-refractivity contribution in [1.29, 1.82) is 0 Å². The van der Waals surface area contributed by atoms with Crippen molar-refractivity contribution >= 4 is 11.9 Å². The van der Waals surface area contributed by atoms with E-state index in [0.717, 1.165) is 17.0 Å². The number of nitrogens with zero attached hydrogens (tertiary/aromatic N) is 2. The van der Waals surface area contributed by atoms with Crippen molar-refractivity contribution in [1.82, 2.24) is 15.1 Å². The van der Waals surface area contributed by atoms with E-state index in [4.69, 9.17) is 5.11 Å². The molecule has 1 aliphatic carbocycles. The summed E-state index contributed by atoms with van der Waals surface area (Å²) in [6, 6.07) is 10.1. The van der Waals surface area contributed by atoms with Crippen molar-refractivity contribution in [3.8, 4) is 0 Å². The third-order valence-corrected chi connectivity index (χ3v) is 4.59. The molecule has 6 nitrogen and oxygen atoms in total. The Morgan fingerprint density at radius 2 is 1.96 bits per heavy atom. The second kappa shape index (κ2) is 6.47. The number of aromatic nitrogens is 2. The molecular formula is C18H21N3O3. The number of aliphatic carboxylic acids is 1. The number of carboxylic acid groups (broad SMARTS) is 1.